The highest BCUT2D eigenvalue weighted by atomic mass is 19.1. The van der Waals surface area contributed by atoms with E-state index in [1.165, 1.54) is 12.1 Å². The molecule has 4 nitrogen and oxygen atoms in total. The van der Waals surface area contributed by atoms with E-state index in [0.29, 0.717) is 31.2 Å². The first-order valence-electron chi connectivity index (χ1n) is 7.68. The minimum absolute atomic E-state index is 0.00355. The monoisotopic (exact) mass is 305 g/mol. The van der Waals surface area contributed by atoms with E-state index in [-0.39, 0.29) is 11.9 Å². The van der Waals surface area contributed by atoms with Crippen molar-refractivity contribution in [2.75, 3.05) is 13.1 Å². The van der Waals surface area contributed by atoms with E-state index in [1.807, 2.05) is 0 Å². The Labute approximate surface area is 127 Å². The van der Waals surface area contributed by atoms with Crippen LogP contribution in [0.4, 0.5) is 8.78 Å². The summed E-state index contributed by atoms with van der Waals surface area (Å²) >= 11 is 0. The van der Waals surface area contributed by atoms with Gasteiger partial charge in [-0.2, -0.15) is 0 Å². The van der Waals surface area contributed by atoms with Gasteiger partial charge in [-0.05, 0) is 50.0 Å². The number of amides is 1. The van der Waals surface area contributed by atoms with Crippen LogP contribution in [0.1, 0.15) is 37.3 Å². The van der Waals surface area contributed by atoms with Crippen molar-refractivity contribution >= 4 is 11.7 Å². The molecule has 0 bridgehead atoms. The number of carbonyl (C=O) groups is 1. The first kappa shape index (κ1) is 13.8. The fourth-order valence-corrected chi connectivity index (χ4v) is 3.83. The smallest absolute Gasteiger partial charge is 0.256 e. The van der Waals surface area contributed by atoms with Crippen LogP contribution in [-0.2, 0) is 4.79 Å². The van der Waals surface area contributed by atoms with Crippen LogP contribution in [-0.4, -0.2) is 35.3 Å². The standard InChI is InChI=1S/C16H17F2N3O/c17-11-7-10(8-12(18)9-11)13-1-2-14-20-16(15(22)21(13)14)3-5-19-6-4-16/h7-9,13,19H,1-6H2. The molecule has 1 atom stereocenters. The maximum Gasteiger partial charge on any atom is 0.256 e. The lowest BCUT2D eigenvalue weighted by Crippen LogP contribution is -2.48. The fourth-order valence-electron chi connectivity index (χ4n) is 3.83. The second-order valence-corrected chi connectivity index (χ2v) is 6.24. The summed E-state index contributed by atoms with van der Waals surface area (Å²) in [6, 6.07) is 3.19. The molecule has 1 spiro atoms. The Morgan fingerprint density at radius 1 is 1.18 bits per heavy atom. The molecule has 6 heteroatoms. The number of piperidine rings is 1. The molecule has 0 radical (unpaired) electrons. The highest BCUT2D eigenvalue weighted by Crippen LogP contribution is 2.43. The van der Waals surface area contributed by atoms with E-state index in [4.69, 9.17) is 4.99 Å². The van der Waals surface area contributed by atoms with Gasteiger partial charge in [-0.1, -0.05) is 0 Å². The molecule has 3 aliphatic heterocycles. The molecule has 2 fully saturated rings. The quantitative estimate of drug-likeness (QED) is 0.864. The molecule has 116 valence electrons. The summed E-state index contributed by atoms with van der Waals surface area (Å²) in [5.41, 5.74) is -0.132. The lowest BCUT2D eigenvalue weighted by molar-refractivity contribution is -0.133. The normalized spacial score (nSPS) is 26.5. The number of halogens is 2. The zero-order valence-electron chi connectivity index (χ0n) is 12.1. The molecule has 1 unspecified atom stereocenters. The van der Waals surface area contributed by atoms with Crippen LogP contribution in [0.5, 0.6) is 0 Å². The molecular weight excluding hydrogens is 288 g/mol. The summed E-state index contributed by atoms with van der Waals surface area (Å²) in [5.74, 6) is -0.440. The number of rotatable bonds is 1. The van der Waals surface area contributed by atoms with Crippen molar-refractivity contribution < 1.29 is 13.6 Å². The van der Waals surface area contributed by atoms with Crippen molar-refractivity contribution in [3.63, 3.8) is 0 Å². The van der Waals surface area contributed by atoms with E-state index in [0.717, 1.165) is 25.0 Å². The number of aliphatic imine (C=N–C) groups is 1. The van der Waals surface area contributed by atoms with E-state index in [2.05, 4.69) is 5.32 Å². The van der Waals surface area contributed by atoms with Crippen LogP contribution in [0.2, 0.25) is 0 Å². The van der Waals surface area contributed by atoms with Gasteiger partial charge in [0.25, 0.3) is 5.91 Å². The van der Waals surface area contributed by atoms with E-state index in [9.17, 15) is 13.6 Å². The molecule has 3 aliphatic rings. The average molecular weight is 305 g/mol. The summed E-state index contributed by atoms with van der Waals surface area (Å²) in [6.07, 6.45) is 2.73. The largest absolute Gasteiger partial charge is 0.317 e. The number of hydrogen-bond donors (Lipinski definition) is 1. The number of nitrogens with one attached hydrogen (secondary N) is 1. The number of amidine groups is 1. The van der Waals surface area contributed by atoms with Gasteiger partial charge >= 0.3 is 0 Å². The van der Waals surface area contributed by atoms with Gasteiger partial charge < -0.3 is 5.32 Å². The Hall–Kier alpha value is -1.82. The fraction of sp³-hybridized carbons (Fsp3) is 0.500. The highest BCUT2D eigenvalue weighted by Gasteiger charge is 2.52. The predicted octanol–water partition coefficient (Wildman–Crippen LogP) is 2.16. The van der Waals surface area contributed by atoms with E-state index in [1.54, 1.807) is 4.90 Å². The molecule has 1 aromatic rings. The van der Waals surface area contributed by atoms with E-state index >= 15 is 0 Å². The number of fused-ring (bicyclic) bond motifs is 1. The zero-order valence-corrected chi connectivity index (χ0v) is 12.1. The third kappa shape index (κ3) is 1.97. The van der Waals surface area contributed by atoms with Crippen molar-refractivity contribution in [1.82, 2.24) is 10.2 Å². The number of carbonyl (C=O) groups excluding carboxylic acids is 1. The first-order valence-corrected chi connectivity index (χ1v) is 7.68. The summed E-state index contributed by atoms with van der Waals surface area (Å²) in [5, 5.41) is 3.24. The SMILES string of the molecule is O=C1N2C(=NC13CCNCC3)CCC2c1cc(F)cc(F)c1. The van der Waals surface area contributed by atoms with Crippen LogP contribution in [0.25, 0.3) is 0 Å². The third-order valence-electron chi connectivity index (χ3n) is 4.89. The van der Waals surface area contributed by atoms with Crippen LogP contribution < -0.4 is 5.32 Å². The van der Waals surface area contributed by atoms with Gasteiger partial charge in [0, 0.05) is 12.5 Å². The third-order valence-corrected chi connectivity index (χ3v) is 4.89. The maximum absolute atomic E-state index is 13.5. The predicted molar refractivity (Wildman–Crippen MR) is 77.4 cm³/mol. The molecule has 22 heavy (non-hydrogen) atoms. The van der Waals surface area contributed by atoms with Crippen LogP contribution >= 0.6 is 0 Å². The van der Waals surface area contributed by atoms with Crippen molar-refractivity contribution in [3.8, 4) is 0 Å². The lowest BCUT2D eigenvalue weighted by Gasteiger charge is -2.32. The second kappa shape index (κ2) is 4.84. The van der Waals surface area contributed by atoms with Gasteiger partial charge in [-0.15, -0.1) is 0 Å². The van der Waals surface area contributed by atoms with Gasteiger partial charge in [0.1, 0.15) is 23.0 Å². The molecule has 1 amide bonds. The molecule has 1 N–H and O–H groups in total. The molecular formula is C16H17F2N3O. The summed E-state index contributed by atoms with van der Waals surface area (Å²) < 4.78 is 27.0. The van der Waals surface area contributed by atoms with Crippen LogP contribution in [0.15, 0.2) is 23.2 Å². The summed E-state index contributed by atoms with van der Waals surface area (Å²) in [4.78, 5) is 19.3. The topological polar surface area (TPSA) is 44.7 Å². The molecule has 1 aromatic carbocycles. The number of nitrogens with zero attached hydrogens (tertiary/aromatic N) is 2. The second-order valence-electron chi connectivity index (χ2n) is 6.24. The van der Waals surface area contributed by atoms with Crippen molar-refractivity contribution in [3.05, 3.63) is 35.4 Å². The van der Waals surface area contributed by atoms with Crippen LogP contribution in [0, 0.1) is 11.6 Å². The Bertz CT molecular complexity index is 647. The van der Waals surface area contributed by atoms with Crippen molar-refractivity contribution in [2.24, 2.45) is 4.99 Å². The highest BCUT2D eigenvalue weighted by molar-refractivity contribution is 6.09. The van der Waals surface area contributed by atoms with Crippen molar-refractivity contribution in [2.45, 2.75) is 37.3 Å². The van der Waals surface area contributed by atoms with Gasteiger partial charge in [0.15, 0.2) is 0 Å². The summed E-state index contributed by atoms with van der Waals surface area (Å²) in [6.45, 7) is 1.55. The Balaban J connectivity index is 1.69. The van der Waals surface area contributed by atoms with Gasteiger partial charge in [0.05, 0.1) is 6.04 Å². The zero-order chi connectivity index (χ0) is 15.3. The van der Waals surface area contributed by atoms with Crippen molar-refractivity contribution in [1.29, 1.82) is 0 Å². The van der Waals surface area contributed by atoms with Gasteiger partial charge in [0.2, 0.25) is 0 Å². The molecule has 3 heterocycles. The maximum atomic E-state index is 13.5. The molecule has 0 aliphatic carbocycles. The molecule has 0 saturated carbocycles. The van der Waals surface area contributed by atoms with Gasteiger partial charge in [-0.25, -0.2) is 8.78 Å². The first-order chi connectivity index (χ1) is 10.6. The summed E-state index contributed by atoms with van der Waals surface area (Å²) in [7, 11) is 0. The Kier molecular flexibility index (Phi) is 3.04. The Morgan fingerprint density at radius 3 is 2.55 bits per heavy atom. The molecule has 0 aromatic heterocycles. The lowest BCUT2D eigenvalue weighted by atomic mass is 9.88. The minimum atomic E-state index is -0.648. The van der Waals surface area contributed by atoms with Crippen LogP contribution in [0.3, 0.4) is 0 Å². The molecule has 2 saturated heterocycles. The average Bonchev–Trinajstić information content (AvgIpc) is 2.99. The molecule has 4 rings (SSSR count). The van der Waals surface area contributed by atoms with E-state index < -0.39 is 17.2 Å². The number of benzene rings is 1. The van der Waals surface area contributed by atoms with Gasteiger partial charge in [-0.3, -0.25) is 14.7 Å². The number of hydrogen-bond acceptors (Lipinski definition) is 3. The minimum Gasteiger partial charge on any atom is -0.317 e. The Morgan fingerprint density at radius 2 is 1.86 bits per heavy atom.